The van der Waals surface area contributed by atoms with Crippen LogP contribution in [0.4, 0.5) is 0 Å². The van der Waals surface area contributed by atoms with Crippen molar-refractivity contribution < 1.29 is 14.3 Å². The molecule has 0 aromatic rings. The molecule has 0 aliphatic carbocycles. The smallest absolute Gasteiger partial charge is 0.323 e. The molecule has 0 amide bonds. The van der Waals surface area contributed by atoms with Crippen LogP contribution in [0.15, 0.2) is 0 Å². The van der Waals surface area contributed by atoms with Gasteiger partial charge in [0.05, 0.1) is 5.60 Å². The molecule has 1 aliphatic rings. The van der Waals surface area contributed by atoms with Gasteiger partial charge in [-0.05, 0) is 54.0 Å². The van der Waals surface area contributed by atoms with E-state index in [0.717, 1.165) is 25.9 Å². The number of esters is 1. The fourth-order valence-corrected chi connectivity index (χ4v) is 2.28. The van der Waals surface area contributed by atoms with Gasteiger partial charge in [0.15, 0.2) is 0 Å². The van der Waals surface area contributed by atoms with Crippen molar-refractivity contribution in [2.45, 2.75) is 64.7 Å². The molecule has 1 heterocycles. The summed E-state index contributed by atoms with van der Waals surface area (Å²) in [4.78, 5) is 14.2. The fourth-order valence-electron chi connectivity index (χ4n) is 2.28. The molecule has 2 atom stereocenters. The van der Waals surface area contributed by atoms with Crippen LogP contribution in [-0.2, 0) is 14.3 Å². The highest BCUT2D eigenvalue weighted by atomic mass is 16.6. The Morgan fingerprint density at radius 1 is 1.39 bits per heavy atom. The van der Waals surface area contributed by atoms with Gasteiger partial charge in [-0.15, -0.1) is 0 Å². The minimum Gasteiger partial charge on any atom is -0.459 e. The maximum Gasteiger partial charge on any atom is 0.323 e. The monoisotopic (exact) mass is 257 g/mol. The largest absolute Gasteiger partial charge is 0.459 e. The van der Waals surface area contributed by atoms with Crippen molar-refractivity contribution in [2.24, 2.45) is 0 Å². The number of rotatable bonds is 3. The van der Waals surface area contributed by atoms with Crippen LogP contribution >= 0.6 is 0 Å². The van der Waals surface area contributed by atoms with Crippen molar-refractivity contribution in [3.8, 4) is 0 Å². The third-order valence-corrected chi connectivity index (χ3v) is 3.48. The van der Waals surface area contributed by atoms with Gasteiger partial charge in [-0.25, -0.2) is 0 Å². The van der Waals surface area contributed by atoms with Gasteiger partial charge in [-0.1, -0.05) is 0 Å². The number of piperidine rings is 1. The maximum atomic E-state index is 12.1. The van der Waals surface area contributed by atoms with Crippen LogP contribution in [0, 0.1) is 0 Å². The number of methoxy groups -OCH3 is 1. The summed E-state index contributed by atoms with van der Waals surface area (Å²) in [5.41, 5.74) is -0.569. The summed E-state index contributed by atoms with van der Waals surface area (Å²) < 4.78 is 11.0. The summed E-state index contributed by atoms with van der Waals surface area (Å²) in [6.45, 7) is 11.4. The molecule has 1 fully saturated rings. The summed E-state index contributed by atoms with van der Waals surface area (Å²) >= 11 is 0. The van der Waals surface area contributed by atoms with E-state index in [1.807, 2.05) is 27.7 Å². The number of carbonyl (C=O) groups is 1. The van der Waals surface area contributed by atoms with Gasteiger partial charge in [0, 0.05) is 13.7 Å². The molecule has 0 aromatic carbocycles. The van der Waals surface area contributed by atoms with Crippen molar-refractivity contribution in [1.82, 2.24) is 4.90 Å². The molecule has 0 saturated carbocycles. The van der Waals surface area contributed by atoms with Gasteiger partial charge >= 0.3 is 5.97 Å². The number of likely N-dealkylation sites (tertiary alicyclic amines) is 1. The molecular formula is C14H27NO3. The molecule has 0 aromatic heterocycles. The lowest BCUT2D eigenvalue weighted by atomic mass is 9.94. The topological polar surface area (TPSA) is 38.8 Å². The minimum atomic E-state index is -0.425. The number of nitrogens with zero attached hydrogens (tertiary/aromatic N) is 1. The average Bonchev–Trinajstić information content (AvgIpc) is 2.26. The molecule has 1 saturated heterocycles. The molecule has 1 rings (SSSR count). The third kappa shape index (κ3) is 4.25. The Labute approximate surface area is 111 Å². The zero-order valence-electron chi connectivity index (χ0n) is 12.6. The molecular weight excluding hydrogens is 230 g/mol. The molecule has 1 aliphatic heterocycles. The highest BCUT2D eigenvalue weighted by Gasteiger charge is 2.36. The quantitative estimate of drug-likeness (QED) is 0.727. The Bertz CT molecular complexity index is 298. The van der Waals surface area contributed by atoms with E-state index in [-0.39, 0.29) is 17.6 Å². The van der Waals surface area contributed by atoms with E-state index in [0.29, 0.717) is 0 Å². The van der Waals surface area contributed by atoms with Crippen LogP contribution in [0.2, 0.25) is 0 Å². The molecule has 4 nitrogen and oxygen atoms in total. The minimum absolute atomic E-state index is 0.144. The fraction of sp³-hybridized carbons (Fsp3) is 0.929. The number of carbonyl (C=O) groups excluding carboxylic acids is 1. The lowest BCUT2D eigenvalue weighted by molar-refractivity contribution is -0.163. The highest BCUT2D eigenvalue weighted by Crippen LogP contribution is 2.25. The maximum absolute atomic E-state index is 12.1. The molecule has 0 radical (unpaired) electrons. The van der Waals surface area contributed by atoms with E-state index in [4.69, 9.17) is 9.47 Å². The van der Waals surface area contributed by atoms with Gasteiger partial charge in [0.25, 0.3) is 0 Å². The summed E-state index contributed by atoms with van der Waals surface area (Å²) in [6.07, 6.45) is 2.10. The zero-order chi connectivity index (χ0) is 14.0. The van der Waals surface area contributed by atoms with E-state index in [1.54, 1.807) is 7.11 Å². The molecule has 18 heavy (non-hydrogen) atoms. The Kier molecular flexibility index (Phi) is 4.78. The van der Waals surface area contributed by atoms with Crippen LogP contribution in [-0.4, -0.2) is 48.3 Å². The van der Waals surface area contributed by atoms with Gasteiger partial charge in [-0.3, -0.25) is 9.69 Å². The summed E-state index contributed by atoms with van der Waals surface area (Å²) in [5, 5.41) is 0. The van der Waals surface area contributed by atoms with E-state index in [9.17, 15) is 4.79 Å². The Morgan fingerprint density at radius 2 is 2.00 bits per heavy atom. The lowest BCUT2D eigenvalue weighted by Gasteiger charge is -2.41. The average molecular weight is 257 g/mol. The van der Waals surface area contributed by atoms with E-state index < -0.39 is 5.60 Å². The first kappa shape index (κ1) is 15.4. The van der Waals surface area contributed by atoms with Crippen LogP contribution in [0.25, 0.3) is 0 Å². The molecule has 4 heteroatoms. The van der Waals surface area contributed by atoms with Crippen molar-refractivity contribution in [3.05, 3.63) is 0 Å². The number of hydrogen-bond acceptors (Lipinski definition) is 4. The first-order valence-electron chi connectivity index (χ1n) is 6.69. The van der Waals surface area contributed by atoms with Crippen molar-refractivity contribution in [3.63, 3.8) is 0 Å². The Hall–Kier alpha value is -0.610. The summed E-state index contributed by atoms with van der Waals surface area (Å²) in [5.74, 6) is -0.150. The van der Waals surface area contributed by atoms with E-state index >= 15 is 0 Å². The lowest BCUT2D eigenvalue weighted by Crippen LogP contribution is -2.53. The van der Waals surface area contributed by atoms with Gasteiger partial charge in [0.2, 0.25) is 0 Å². The van der Waals surface area contributed by atoms with Crippen LogP contribution in [0.1, 0.15) is 47.5 Å². The van der Waals surface area contributed by atoms with Crippen LogP contribution in [0.5, 0.6) is 0 Å². The number of ether oxygens (including phenoxy) is 2. The normalized spacial score (nSPS) is 27.9. The first-order chi connectivity index (χ1) is 8.17. The standard InChI is InChI=1S/C14H27NO3/c1-11(12(16)18-13(2,3)4)15-9-7-8-14(5,10-15)17-6/h11H,7-10H2,1-6H3. The zero-order valence-corrected chi connectivity index (χ0v) is 12.6. The Morgan fingerprint density at radius 3 is 2.50 bits per heavy atom. The SMILES string of the molecule is COC1(C)CCCN(C(C)C(=O)OC(C)(C)C)C1. The molecule has 0 N–H and O–H groups in total. The van der Waals surface area contributed by atoms with Gasteiger partial charge in [0.1, 0.15) is 11.6 Å². The van der Waals surface area contributed by atoms with Crippen molar-refractivity contribution in [2.75, 3.05) is 20.2 Å². The van der Waals surface area contributed by atoms with Crippen LogP contribution < -0.4 is 0 Å². The predicted octanol–water partition coefficient (Wildman–Crippen LogP) is 2.22. The van der Waals surface area contributed by atoms with Crippen molar-refractivity contribution >= 4 is 5.97 Å². The van der Waals surface area contributed by atoms with Gasteiger partial charge in [-0.2, -0.15) is 0 Å². The molecule has 0 bridgehead atoms. The third-order valence-electron chi connectivity index (χ3n) is 3.48. The number of hydrogen-bond donors (Lipinski definition) is 0. The van der Waals surface area contributed by atoms with Crippen LogP contribution in [0.3, 0.4) is 0 Å². The Balaban J connectivity index is 2.61. The van der Waals surface area contributed by atoms with Gasteiger partial charge < -0.3 is 9.47 Å². The highest BCUT2D eigenvalue weighted by molar-refractivity contribution is 5.75. The second-order valence-electron chi connectivity index (χ2n) is 6.44. The summed E-state index contributed by atoms with van der Waals surface area (Å²) in [7, 11) is 1.74. The first-order valence-corrected chi connectivity index (χ1v) is 6.69. The second-order valence-corrected chi connectivity index (χ2v) is 6.44. The van der Waals surface area contributed by atoms with E-state index in [2.05, 4.69) is 11.8 Å². The predicted molar refractivity (Wildman–Crippen MR) is 71.5 cm³/mol. The van der Waals surface area contributed by atoms with Crippen molar-refractivity contribution in [1.29, 1.82) is 0 Å². The molecule has 106 valence electrons. The molecule has 0 spiro atoms. The second kappa shape index (κ2) is 5.57. The van der Waals surface area contributed by atoms with E-state index in [1.165, 1.54) is 0 Å². The summed E-state index contributed by atoms with van der Waals surface area (Å²) in [6, 6.07) is -0.209. The molecule has 2 unspecified atom stereocenters.